The monoisotopic (exact) mass is 394 g/mol. The number of nitrogens with two attached hydrogens (primary N) is 1. The summed E-state index contributed by atoms with van der Waals surface area (Å²) >= 11 is 0. The van der Waals surface area contributed by atoms with Gasteiger partial charge in [0.1, 0.15) is 23.1 Å². The van der Waals surface area contributed by atoms with Crippen LogP contribution in [-0.2, 0) is 6.54 Å². The number of hydrogen-bond donors (Lipinski definition) is 2. The number of hydrogen-bond acceptors (Lipinski definition) is 5. The molecule has 29 heavy (non-hydrogen) atoms. The first-order valence-electron chi connectivity index (χ1n) is 9.52. The minimum Gasteiger partial charge on any atom is -0.494 e. The van der Waals surface area contributed by atoms with Gasteiger partial charge in [-0.2, -0.15) is 0 Å². The summed E-state index contributed by atoms with van der Waals surface area (Å²) in [6.07, 6.45) is 5.41. The Bertz CT molecular complexity index is 966. The third kappa shape index (κ3) is 5.25. The zero-order valence-electron chi connectivity index (χ0n) is 16.9. The quantitative estimate of drug-likeness (QED) is 0.449. The Morgan fingerprint density at radius 3 is 2.62 bits per heavy atom. The minimum absolute atomic E-state index is 0.286. The molecule has 8 heteroatoms. The largest absolute Gasteiger partial charge is 0.494 e. The first-order chi connectivity index (χ1) is 14.1. The van der Waals surface area contributed by atoms with Crippen LogP contribution in [0.2, 0.25) is 0 Å². The van der Waals surface area contributed by atoms with E-state index in [0.29, 0.717) is 31.2 Å². The van der Waals surface area contributed by atoms with Gasteiger partial charge in [-0.25, -0.2) is 15.0 Å². The van der Waals surface area contributed by atoms with Crippen LogP contribution in [0.5, 0.6) is 11.5 Å². The molecule has 3 rings (SSSR count). The molecule has 0 aliphatic heterocycles. The van der Waals surface area contributed by atoms with Crippen molar-refractivity contribution in [1.82, 2.24) is 14.5 Å². The van der Waals surface area contributed by atoms with E-state index < -0.39 is 0 Å². The molecule has 3 N–H and O–H groups in total. The molecule has 152 valence electrons. The molecule has 0 radical (unpaired) electrons. The molecular formula is C21H26N6O2. The minimum atomic E-state index is 0.286. The van der Waals surface area contributed by atoms with Crippen molar-refractivity contribution in [2.75, 3.05) is 18.5 Å². The van der Waals surface area contributed by atoms with Crippen molar-refractivity contribution in [1.29, 1.82) is 0 Å². The number of pyridine rings is 1. The first kappa shape index (κ1) is 20.2. The van der Waals surface area contributed by atoms with Crippen molar-refractivity contribution >= 4 is 11.6 Å². The predicted molar refractivity (Wildman–Crippen MR) is 114 cm³/mol. The van der Waals surface area contributed by atoms with Crippen LogP contribution in [-0.4, -0.2) is 33.7 Å². The number of rotatable bonds is 8. The Morgan fingerprint density at radius 2 is 1.97 bits per heavy atom. The molecule has 0 saturated carbocycles. The van der Waals surface area contributed by atoms with Gasteiger partial charge in [0, 0.05) is 24.7 Å². The highest BCUT2D eigenvalue weighted by Crippen LogP contribution is 2.29. The van der Waals surface area contributed by atoms with E-state index in [1.807, 2.05) is 61.9 Å². The summed E-state index contributed by atoms with van der Waals surface area (Å²) < 4.78 is 13.1. The van der Waals surface area contributed by atoms with Gasteiger partial charge in [0.25, 0.3) is 0 Å². The fourth-order valence-electron chi connectivity index (χ4n) is 2.77. The van der Waals surface area contributed by atoms with Gasteiger partial charge >= 0.3 is 0 Å². The molecule has 0 spiro atoms. The summed E-state index contributed by atoms with van der Waals surface area (Å²) in [7, 11) is 0. The van der Waals surface area contributed by atoms with Gasteiger partial charge in [-0.1, -0.05) is 6.07 Å². The van der Waals surface area contributed by atoms with Crippen molar-refractivity contribution < 1.29 is 9.47 Å². The third-order valence-electron chi connectivity index (χ3n) is 4.14. The lowest BCUT2D eigenvalue weighted by molar-refractivity contribution is 0.332. The molecular weight excluding hydrogens is 368 g/mol. The molecule has 0 atom stereocenters. The topological polar surface area (TPSA) is 99.6 Å². The molecule has 0 saturated heterocycles. The van der Waals surface area contributed by atoms with Gasteiger partial charge in [0.15, 0.2) is 5.96 Å². The maximum absolute atomic E-state index is 6.08. The van der Waals surface area contributed by atoms with Crippen LogP contribution in [0.25, 0.3) is 5.82 Å². The number of nitrogens with zero attached hydrogens (tertiary/aromatic N) is 4. The smallest absolute Gasteiger partial charge is 0.193 e. The van der Waals surface area contributed by atoms with Crippen molar-refractivity contribution in [3.05, 3.63) is 60.3 Å². The first-order valence-corrected chi connectivity index (χ1v) is 9.52. The second kappa shape index (κ2) is 9.59. The van der Waals surface area contributed by atoms with Crippen molar-refractivity contribution in [3.8, 4) is 17.3 Å². The third-order valence-corrected chi connectivity index (χ3v) is 4.14. The summed E-state index contributed by atoms with van der Waals surface area (Å²) in [6.45, 7) is 7.34. The van der Waals surface area contributed by atoms with E-state index in [-0.39, 0.29) is 5.96 Å². The lowest BCUT2D eigenvalue weighted by Crippen LogP contribution is -2.23. The van der Waals surface area contributed by atoms with Crippen LogP contribution in [0.1, 0.15) is 25.2 Å². The van der Waals surface area contributed by atoms with Crippen molar-refractivity contribution in [3.63, 3.8) is 0 Å². The predicted octanol–water partition coefficient (Wildman–Crippen LogP) is 3.30. The van der Waals surface area contributed by atoms with Crippen LogP contribution >= 0.6 is 0 Å². The number of nitrogens with one attached hydrogen (secondary N) is 1. The number of guanidine groups is 1. The molecule has 0 aliphatic rings. The summed E-state index contributed by atoms with van der Waals surface area (Å²) in [6, 6.07) is 9.47. The summed E-state index contributed by atoms with van der Waals surface area (Å²) in [4.78, 5) is 13.1. The Hall–Kier alpha value is -3.55. The zero-order chi connectivity index (χ0) is 20.6. The summed E-state index contributed by atoms with van der Waals surface area (Å²) in [5.74, 6) is 3.41. The Balaban J connectivity index is 1.68. The van der Waals surface area contributed by atoms with E-state index in [4.69, 9.17) is 15.2 Å². The van der Waals surface area contributed by atoms with Gasteiger partial charge in [0.2, 0.25) is 0 Å². The highest BCUT2D eigenvalue weighted by atomic mass is 16.5. The summed E-state index contributed by atoms with van der Waals surface area (Å²) in [5.41, 5.74) is 7.74. The van der Waals surface area contributed by atoms with E-state index in [2.05, 4.69) is 20.3 Å². The fourth-order valence-corrected chi connectivity index (χ4v) is 2.77. The van der Waals surface area contributed by atoms with Crippen LogP contribution in [0.3, 0.4) is 0 Å². The van der Waals surface area contributed by atoms with Gasteiger partial charge in [-0.05, 0) is 44.5 Å². The average molecular weight is 394 g/mol. The number of aliphatic imine (C=N–C) groups is 1. The SMILES string of the molecule is CCOc1ccc(OCC)c(NC(N)=NCc2ccc(-n3ccnc3C)nc2)c1. The molecule has 0 unspecified atom stereocenters. The number of ether oxygens (including phenoxy) is 2. The second-order valence-electron chi connectivity index (χ2n) is 6.22. The van der Waals surface area contributed by atoms with E-state index >= 15 is 0 Å². The highest BCUT2D eigenvalue weighted by molar-refractivity contribution is 5.94. The normalized spacial score (nSPS) is 11.3. The van der Waals surface area contributed by atoms with Crippen LogP contribution < -0.4 is 20.5 Å². The van der Waals surface area contributed by atoms with E-state index in [1.165, 1.54) is 0 Å². The molecule has 1 aromatic carbocycles. The zero-order valence-corrected chi connectivity index (χ0v) is 16.9. The maximum Gasteiger partial charge on any atom is 0.193 e. The molecule has 2 aromatic heterocycles. The van der Waals surface area contributed by atoms with E-state index in [0.717, 1.165) is 23.0 Å². The molecule has 8 nitrogen and oxygen atoms in total. The van der Waals surface area contributed by atoms with Gasteiger partial charge in [-0.15, -0.1) is 0 Å². The number of aryl methyl sites for hydroxylation is 1. The second-order valence-corrected chi connectivity index (χ2v) is 6.22. The number of aromatic nitrogens is 3. The van der Waals surface area contributed by atoms with Gasteiger partial charge < -0.3 is 20.5 Å². The van der Waals surface area contributed by atoms with E-state index in [1.54, 1.807) is 12.4 Å². The summed E-state index contributed by atoms with van der Waals surface area (Å²) in [5, 5.41) is 3.10. The van der Waals surface area contributed by atoms with E-state index in [9.17, 15) is 0 Å². The fraction of sp³-hybridized carbons (Fsp3) is 0.286. The Kier molecular flexibility index (Phi) is 6.67. The standard InChI is InChI=1S/C21H26N6O2/c1-4-28-17-7-8-19(29-5-2)18(12-17)26-21(22)25-14-16-6-9-20(24-13-16)27-11-10-23-15(27)3/h6-13H,4-5,14H2,1-3H3,(H3,22,25,26). The lowest BCUT2D eigenvalue weighted by Gasteiger charge is -2.14. The Labute approximate surface area is 170 Å². The molecule has 2 heterocycles. The van der Waals surface area contributed by atoms with Crippen LogP contribution in [0.15, 0.2) is 53.9 Å². The number of benzene rings is 1. The highest BCUT2D eigenvalue weighted by Gasteiger charge is 2.07. The van der Waals surface area contributed by atoms with Crippen molar-refractivity contribution in [2.45, 2.75) is 27.3 Å². The average Bonchev–Trinajstić information content (AvgIpc) is 3.15. The lowest BCUT2D eigenvalue weighted by atomic mass is 10.2. The number of anilines is 1. The van der Waals surface area contributed by atoms with Crippen LogP contribution in [0, 0.1) is 6.92 Å². The molecule has 0 amide bonds. The van der Waals surface area contributed by atoms with Crippen LogP contribution in [0.4, 0.5) is 5.69 Å². The number of imidazole rings is 1. The molecule has 0 fully saturated rings. The molecule has 0 bridgehead atoms. The molecule has 0 aliphatic carbocycles. The van der Waals surface area contributed by atoms with Gasteiger partial charge in [-0.3, -0.25) is 4.57 Å². The molecule has 3 aromatic rings. The van der Waals surface area contributed by atoms with Gasteiger partial charge in [0.05, 0.1) is 25.4 Å². The Morgan fingerprint density at radius 1 is 1.14 bits per heavy atom. The van der Waals surface area contributed by atoms with Crippen molar-refractivity contribution in [2.24, 2.45) is 10.7 Å². The maximum atomic E-state index is 6.08.